The molecule has 1 aromatic carbocycles. The maximum Gasteiger partial charge on any atom is 0.387 e. The number of alkyl halides is 2. The van der Waals surface area contributed by atoms with Gasteiger partial charge in [0.1, 0.15) is 5.75 Å². The third-order valence-electron chi connectivity index (χ3n) is 4.11. The molecule has 31 heavy (non-hydrogen) atoms. The van der Waals surface area contributed by atoms with Crippen molar-refractivity contribution in [3.63, 3.8) is 0 Å². The summed E-state index contributed by atoms with van der Waals surface area (Å²) >= 11 is 1.10. The van der Waals surface area contributed by atoms with Crippen LogP contribution in [0.25, 0.3) is 11.6 Å². The summed E-state index contributed by atoms with van der Waals surface area (Å²) in [6, 6.07) is 7.71. The fourth-order valence-electron chi connectivity index (χ4n) is 2.72. The average Bonchev–Trinajstić information content (AvgIpc) is 3.40. The molecular weight excluding hydrogens is 432 g/mol. The number of Topliss-reactive ketones (excluding diaryl/α,β-unsaturated/α-hetero) is 1. The van der Waals surface area contributed by atoms with E-state index in [-0.39, 0.29) is 17.1 Å². The summed E-state index contributed by atoms with van der Waals surface area (Å²) in [4.78, 5) is 24.5. The maximum atomic E-state index is 12.6. The highest BCUT2D eigenvalue weighted by molar-refractivity contribution is 7.99. The number of benzene rings is 1. The number of hydrogen-bond donors (Lipinski definition) is 0. The number of aryl methyl sites for hydroxylation is 1. The van der Waals surface area contributed by atoms with Crippen LogP contribution in [0.3, 0.4) is 0 Å². The lowest BCUT2D eigenvalue weighted by Crippen LogP contribution is -2.17. The number of ether oxygens (including phenoxy) is 2. The van der Waals surface area contributed by atoms with Crippen LogP contribution in [0, 0.1) is 6.92 Å². The summed E-state index contributed by atoms with van der Waals surface area (Å²) in [6.07, 6.45) is 1.53. The van der Waals surface area contributed by atoms with Crippen LogP contribution < -0.4 is 4.74 Å². The van der Waals surface area contributed by atoms with Crippen LogP contribution in [0.15, 0.2) is 46.2 Å². The Morgan fingerprint density at radius 3 is 2.74 bits per heavy atom. The van der Waals surface area contributed by atoms with Crippen molar-refractivity contribution in [3.05, 3.63) is 47.7 Å². The minimum absolute atomic E-state index is 0.0745. The number of nitrogens with zero attached hydrogens (tertiary/aromatic N) is 3. The molecule has 0 saturated carbocycles. The zero-order valence-electron chi connectivity index (χ0n) is 16.7. The lowest BCUT2D eigenvalue weighted by atomic mass is 10.1. The largest absolute Gasteiger partial charge is 0.461 e. The number of ketones is 1. The molecule has 0 fully saturated rings. The van der Waals surface area contributed by atoms with E-state index in [1.54, 1.807) is 23.6 Å². The van der Waals surface area contributed by atoms with E-state index in [9.17, 15) is 18.4 Å². The number of furan rings is 1. The first kappa shape index (κ1) is 22.5. The van der Waals surface area contributed by atoms with Crippen molar-refractivity contribution < 1.29 is 32.3 Å². The molecule has 164 valence electrons. The Labute approximate surface area is 180 Å². The molecule has 2 heterocycles. The highest BCUT2D eigenvalue weighted by Gasteiger charge is 2.19. The van der Waals surface area contributed by atoms with Gasteiger partial charge in [0.2, 0.25) is 5.78 Å². The maximum absolute atomic E-state index is 12.6. The smallest absolute Gasteiger partial charge is 0.387 e. The van der Waals surface area contributed by atoms with Gasteiger partial charge in [-0.3, -0.25) is 14.2 Å². The summed E-state index contributed by atoms with van der Waals surface area (Å²) in [5.41, 5.74) is 0.604. The van der Waals surface area contributed by atoms with E-state index >= 15 is 0 Å². The number of carbonyl (C=O) groups is 2. The van der Waals surface area contributed by atoms with Gasteiger partial charge in [0.15, 0.2) is 23.3 Å². The van der Waals surface area contributed by atoms with Crippen LogP contribution in [0.2, 0.25) is 0 Å². The molecule has 0 aliphatic heterocycles. The van der Waals surface area contributed by atoms with E-state index in [4.69, 9.17) is 9.15 Å². The highest BCUT2D eigenvalue weighted by atomic mass is 32.2. The molecule has 0 radical (unpaired) electrons. The van der Waals surface area contributed by atoms with Crippen LogP contribution in [0.5, 0.6) is 5.75 Å². The minimum Gasteiger partial charge on any atom is -0.461 e. The van der Waals surface area contributed by atoms with Crippen molar-refractivity contribution in [2.24, 2.45) is 0 Å². The van der Waals surface area contributed by atoms with Gasteiger partial charge in [-0.25, -0.2) is 0 Å². The van der Waals surface area contributed by atoms with Gasteiger partial charge in [-0.1, -0.05) is 23.4 Å². The Bertz CT molecular complexity index is 1050. The Balaban J connectivity index is 1.58. The molecule has 0 spiro atoms. The summed E-state index contributed by atoms with van der Waals surface area (Å²) < 4.78 is 41.6. The van der Waals surface area contributed by atoms with E-state index in [0.717, 1.165) is 11.8 Å². The van der Waals surface area contributed by atoms with Gasteiger partial charge in [-0.15, -0.1) is 10.2 Å². The fraction of sp³-hybridized carbons (Fsp3) is 0.300. The van der Waals surface area contributed by atoms with Crippen LogP contribution in [0.4, 0.5) is 8.78 Å². The quantitative estimate of drug-likeness (QED) is 0.259. The Kier molecular flexibility index (Phi) is 7.40. The number of hydrogen-bond acceptors (Lipinski definition) is 8. The van der Waals surface area contributed by atoms with Crippen molar-refractivity contribution >= 4 is 23.5 Å². The van der Waals surface area contributed by atoms with Crippen LogP contribution in [-0.2, 0) is 16.1 Å². The summed E-state index contributed by atoms with van der Waals surface area (Å²) in [5, 5.41) is 8.63. The molecule has 3 rings (SSSR count). The third kappa shape index (κ3) is 5.69. The number of aromatic nitrogens is 3. The van der Waals surface area contributed by atoms with Gasteiger partial charge in [0.05, 0.1) is 17.6 Å². The van der Waals surface area contributed by atoms with Crippen LogP contribution in [0.1, 0.15) is 22.8 Å². The lowest BCUT2D eigenvalue weighted by Gasteiger charge is -2.11. The molecule has 11 heteroatoms. The van der Waals surface area contributed by atoms with Gasteiger partial charge in [-0.2, -0.15) is 8.78 Å². The minimum atomic E-state index is -3.07. The summed E-state index contributed by atoms with van der Waals surface area (Å²) in [5.74, 6) is -0.601. The molecule has 0 unspecified atom stereocenters. The molecule has 0 atom stereocenters. The van der Waals surface area contributed by atoms with E-state index < -0.39 is 25.0 Å². The van der Waals surface area contributed by atoms with E-state index in [0.29, 0.717) is 28.8 Å². The molecule has 0 saturated heterocycles. The van der Waals surface area contributed by atoms with E-state index in [2.05, 4.69) is 14.9 Å². The first-order valence-electron chi connectivity index (χ1n) is 9.23. The van der Waals surface area contributed by atoms with Gasteiger partial charge < -0.3 is 13.9 Å². The molecular formula is C20H19F2N3O5S. The number of carbonyl (C=O) groups excluding carboxylic acids is 2. The van der Waals surface area contributed by atoms with Gasteiger partial charge in [0.25, 0.3) is 0 Å². The van der Waals surface area contributed by atoms with Gasteiger partial charge in [0, 0.05) is 6.54 Å². The van der Waals surface area contributed by atoms with E-state index in [1.807, 2.05) is 6.92 Å². The Morgan fingerprint density at radius 1 is 1.26 bits per heavy atom. The molecule has 2 aromatic heterocycles. The number of rotatable bonds is 10. The Hall–Kier alpha value is -3.21. The fourth-order valence-corrected chi connectivity index (χ4v) is 3.52. The molecule has 0 aliphatic rings. The number of halogens is 2. The molecule has 3 aromatic rings. The molecule has 8 nitrogen and oxygen atoms in total. The second kappa shape index (κ2) is 10.2. The first-order chi connectivity index (χ1) is 14.9. The molecule has 0 bridgehead atoms. The van der Waals surface area contributed by atoms with E-state index in [1.165, 1.54) is 24.5 Å². The monoisotopic (exact) mass is 451 g/mol. The normalized spacial score (nSPS) is 11.0. The van der Waals surface area contributed by atoms with Crippen molar-refractivity contribution in [3.8, 4) is 17.3 Å². The molecule has 0 amide bonds. The van der Waals surface area contributed by atoms with Crippen LogP contribution in [-0.4, -0.2) is 45.5 Å². The molecule has 0 aliphatic carbocycles. The third-order valence-corrected chi connectivity index (χ3v) is 5.05. The Morgan fingerprint density at radius 2 is 2.06 bits per heavy atom. The van der Waals surface area contributed by atoms with Crippen LogP contribution >= 0.6 is 11.8 Å². The first-order valence-corrected chi connectivity index (χ1v) is 10.2. The SMILES string of the molecule is CCn1c(SCC(=O)OCC(=O)c2cc(C)ccc2OC(F)F)nnc1-c1ccco1. The topological polar surface area (TPSA) is 96.5 Å². The second-order valence-corrected chi connectivity index (χ2v) is 7.22. The average molecular weight is 451 g/mol. The van der Waals surface area contributed by atoms with Gasteiger partial charge >= 0.3 is 12.6 Å². The number of thioether (sulfide) groups is 1. The van der Waals surface area contributed by atoms with Crippen molar-refractivity contribution in [2.75, 3.05) is 12.4 Å². The van der Waals surface area contributed by atoms with Crippen molar-refractivity contribution in [1.82, 2.24) is 14.8 Å². The highest BCUT2D eigenvalue weighted by Crippen LogP contribution is 2.25. The zero-order valence-corrected chi connectivity index (χ0v) is 17.5. The molecule has 0 N–H and O–H groups in total. The number of esters is 1. The van der Waals surface area contributed by atoms with Gasteiger partial charge in [-0.05, 0) is 38.1 Å². The zero-order chi connectivity index (χ0) is 22.4. The van der Waals surface area contributed by atoms with Crippen molar-refractivity contribution in [2.45, 2.75) is 32.2 Å². The predicted molar refractivity (Wildman–Crippen MR) is 107 cm³/mol. The summed E-state index contributed by atoms with van der Waals surface area (Å²) in [7, 11) is 0. The predicted octanol–water partition coefficient (Wildman–Crippen LogP) is 3.99. The lowest BCUT2D eigenvalue weighted by molar-refractivity contribution is -0.139. The second-order valence-electron chi connectivity index (χ2n) is 6.28. The van der Waals surface area contributed by atoms with Crippen molar-refractivity contribution in [1.29, 1.82) is 0 Å². The summed E-state index contributed by atoms with van der Waals surface area (Å²) in [6.45, 7) is 0.486. The standard InChI is InChI=1S/C20H19F2N3O5S/c1-3-25-18(16-5-4-8-28-16)23-24-20(25)31-11-17(27)29-10-14(26)13-9-12(2)6-7-15(13)30-19(21)22/h4-9,19H,3,10-11H2,1-2H3.